The SMILES string of the molecule is Fc1ccc(COc2ncc(F)c(NCC(F)(F)F)n2)cc1. The van der Waals surface area contributed by atoms with Crippen LogP contribution < -0.4 is 10.1 Å². The molecule has 0 saturated heterocycles. The Bertz CT molecular complexity index is 631. The van der Waals surface area contributed by atoms with Crippen LogP contribution in [0.1, 0.15) is 5.56 Å². The van der Waals surface area contributed by atoms with Gasteiger partial charge in [0.25, 0.3) is 0 Å². The van der Waals surface area contributed by atoms with E-state index in [1.165, 1.54) is 24.3 Å². The molecule has 0 radical (unpaired) electrons. The van der Waals surface area contributed by atoms with E-state index in [0.29, 0.717) is 11.8 Å². The smallest absolute Gasteiger partial charge is 0.405 e. The van der Waals surface area contributed by atoms with Crippen LogP contribution in [0, 0.1) is 11.6 Å². The highest BCUT2D eigenvalue weighted by Crippen LogP contribution is 2.18. The molecule has 0 aliphatic carbocycles. The number of anilines is 1. The Morgan fingerprint density at radius 2 is 1.77 bits per heavy atom. The standard InChI is InChI=1S/C13H10F5N3O/c14-9-3-1-8(2-4-9)6-22-12-19-5-10(15)11(21-12)20-7-13(16,17)18/h1-5H,6-7H2,(H,19,20,21). The number of alkyl halides is 3. The van der Waals surface area contributed by atoms with Crippen molar-refractivity contribution >= 4 is 5.82 Å². The zero-order valence-electron chi connectivity index (χ0n) is 11.0. The monoisotopic (exact) mass is 319 g/mol. The molecule has 0 fully saturated rings. The Morgan fingerprint density at radius 3 is 2.41 bits per heavy atom. The summed E-state index contributed by atoms with van der Waals surface area (Å²) in [5.41, 5.74) is 0.596. The number of rotatable bonds is 5. The Morgan fingerprint density at radius 1 is 1.09 bits per heavy atom. The van der Waals surface area contributed by atoms with Crippen molar-refractivity contribution in [2.75, 3.05) is 11.9 Å². The van der Waals surface area contributed by atoms with Gasteiger partial charge in [0.2, 0.25) is 0 Å². The van der Waals surface area contributed by atoms with Crippen molar-refractivity contribution in [1.29, 1.82) is 0 Å². The molecule has 0 aliphatic rings. The van der Waals surface area contributed by atoms with E-state index in [0.717, 1.165) is 0 Å². The van der Waals surface area contributed by atoms with Crippen molar-refractivity contribution in [2.24, 2.45) is 0 Å². The van der Waals surface area contributed by atoms with Gasteiger partial charge in [0.1, 0.15) is 19.0 Å². The van der Waals surface area contributed by atoms with Gasteiger partial charge in [-0.2, -0.15) is 18.2 Å². The summed E-state index contributed by atoms with van der Waals surface area (Å²) in [5, 5.41) is 1.82. The lowest BCUT2D eigenvalue weighted by molar-refractivity contribution is -0.115. The van der Waals surface area contributed by atoms with Crippen LogP contribution in [0.3, 0.4) is 0 Å². The second kappa shape index (κ2) is 6.54. The molecule has 2 aromatic rings. The van der Waals surface area contributed by atoms with Gasteiger partial charge >= 0.3 is 12.2 Å². The van der Waals surface area contributed by atoms with Gasteiger partial charge in [-0.05, 0) is 17.7 Å². The van der Waals surface area contributed by atoms with E-state index in [4.69, 9.17) is 4.74 Å². The second-order valence-electron chi connectivity index (χ2n) is 4.23. The first-order valence-corrected chi connectivity index (χ1v) is 6.04. The van der Waals surface area contributed by atoms with Crippen molar-refractivity contribution in [3.63, 3.8) is 0 Å². The van der Waals surface area contributed by atoms with Gasteiger partial charge in [-0.15, -0.1) is 0 Å². The van der Waals surface area contributed by atoms with Crippen LogP contribution in [0.5, 0.6) is 6.01 Å². The van der Waals surface area contributed by atoms with Gasteiger partial charge in [-0.1, -0.05) is 12.1 Å². The third-order valence-electron chi connectivity index (χ3n) is 2.46. The molecule has 1 N–H and O–H groups in total. The summed E-state index contributed by atoms with van der Waals surface area (Å²) in [6.45, 7) is -1.47. The third-order valence-corrected chi connectivity index (χ3v) is 2.46. The fraction of sp³-hybridized carbons (Fsp3) is 0.231. The van der Waals surface area contributed by atoms with Crippen molar-refractivity contribution in [3.05, 3.63) is 47.7 Å². The summed E-state index contributed by atoms with van der Waals surface area (Å²) in [7, 11) is 0. The van der Waals surface area contributed by atoms with Crippen molar-refractivity contribution in [3.8, 4) is 6.01 Å². The van der Waals surface area contributed by atoms with E-state index < -0.39 is 30.2 Å². The number of hydrogen-bond donors (Lipinski definition) is 1. The molecular weight excluding hydrogens is 309 g/mol. The van der Waals surface area contributed by atoms with E-state index in [1.807, 2.05) is 5.32 Å². The van der Waals surface area contributed by atoms with Crippen molar-refractivity contribution in [2.45, 2.75) is 12.8 Å². The Hall–Kier alpha value is -2.45. The van der Waals surface area contributed by atoms with Gasteiger partial charge < -0.3 is 10.1 Å². The molecule has 0 amide bonds. The van der Waals surface area contributed by atoms with Gasteiger partial charge in [-0.3, -0.25) is 0 Å². The Balaban J connectivity index is 2.01. The number of aromatic nitrogens is 2. The topological polar surface area (TPSA) is 47.0 Å². The van der Waals surface area contributed by atoms with Crippen LogP contribution in [-0.2, 0) is 6.61 Å². The molecule has 22 heavy (non-hydrogen) atoms. The minimum absolute atomic E-state index is 0.0371. The number of nitrogens with zero attached hydrogens (tertiary/aromatic N) is 2. The lowest BCUT2D eigenvalue weighted by atomic mass is 10.2. The molecule has 2 rings (SSSR count). The summed E-state index contributed by atoms with van der Waals surface area (Å²) < 4.78 is 67.4. The molecule has 0 saturated carbocycles. The average molecular weight is 319 g/mol. The van der Waals surface area contributed by atoms with Gasteiger partial charge in [0, 0.05) is 0 Å². The maximum atomic E-state index is 13.3. The Labute approximate surface area is 122 Å². The first kappa shape index (κ1) is 15.9. The molecular formula is C13H10F5N3O. The van der Waals surface area contributed by atoms with Crippen LogP contribution in [0.2, 0.25) is 0 Å². The number of halogens is 5. The number of nitrogens with one attached hydrogen (secondary N) is 1. The molecule has 0 bridgehead atoms. The van der Waals surface area contributed by atoms with Crippen LogP contribution >= 0.6 is 0 Å². The summed E-state index contributed by atoms with van der Waals surface area (Å²) in [6.07, 6.45) is -3.81. The van der Waals surface area contributed by atoms with Crippen LogP contribution in [0.4, 0.5) is 27.8 Å². The predicted octanol–water partition coefficient (Wildman–Crippen LogP) is 3.31. The third kappa shape index (κ3) is 4.83. The quantitative estimate of drug-likeness (QED) is 0.859. The highest BCUT2D eigenvalue weighted by molar-refractivity contribution is 5.36. The largest absolute Gasteiger partial charge is 0.459 e. The minimum atomic E-state index is -4.51. The molecule has 9 heteroatoms. The number of ether oxygens (including phenoxy) is 1. The fourth-order valence-electron chi connectivity index (χ4n) is 1.46. The van der Waals surface area contributed by atoms with Crippen LogP contribution in [0.15, 0.2) is 30.5 Å². The molecule has 118 valence electrons. The van der Waals surface area contributed by atoms with Gasteiger partial charge in [-0.25, -0.2) is 13.8 Å². The Kier molecular flexibility index (Phi) is 4.74. The first-order chi connectivity index (χ1) is 10.3. The summed E-state index contributed by atoms with van der Waals surface area (Å²) in [6, 6.07) is 5.07. The lowest BCUT2D eigenvalue weighted by Crippen LogP contribution is -2.22. The van der Waals surface area contributed by atoms with Crippen LogP contribution in [-0.4, -0.2) is 22.7 Å². The van der Waals surface area contributed by atoms with Gasteiger partial charge in [0.05, 0.1) is 6.20 Å². The average Bonchev–Trinajstić information content (AvgIpc) is 2.46. The maximum Gasteiger partial charge on any atom is 0.405 e. The zero-order valence-corrected chi connectivity index (χ0v) is 11.0. The minimum Gasteiger partial charge on any atom is -0.459 e. The fourth-order valence-corrected chi connectivity index (χ4v) is 1.46. The zero-order chi connectivity index (χ0) is 16.2. The molecule has 0 unspecified atom stereocenters. The normalized spacial score (nSPS) is 11.3. The highest BCUT2D eigenvalue weighted by atomic mass is 19.4. The van der Waals surface area contributed by atoms with Crippen LogP contribution in [0.25, 0.3) is 0 Å². The molecule has 1 aromatic heterocycles. The summed E-state index contributed by atoms with van der Waals surface area (Å²) in [5.74, 6) is -2.06. The maximum absolute atomic E-state index is 13.3. The molecule has 1 aromatic carbocycles. The summed E-state index contributed by atoms with van der Waals surface area (Å²) in [4.78, 5) is 7.03. The summed E-state index contributed by atoms with van der Waals surface area (Å²) >= 11 is 0. The number of hydrogen-bond acceptors (Lipinski definition) is 4. The van der Waals surface area contributed by atoms with E-state index in [2.05, 4.69) is 9.97 Å². The van der Waals surface area contributed by atoms with Crippen molar-refractivity contribution in [1.82, 2.24) is 9.97 Å². The molecule has 4 nitrogen and oxygen atoms in total. The van der Waals surface area contributed by atoms with Gasteiger partial charge in [0.15, 0.2) is 11.6 Å². The lowest BCUT2D eigenvalue weighted by Gasteiger charge is -2.10. The number of benzene rings is 1. The molecule has 0 atom stereocenters. The molecule has 0 spiro atoms. The molecule has 0 aliphatic heterocycles. The van der Waals surface area contributed by atoms with Crippen molar-refractivity contribution < 1.29 is 26.7 Å². The first-order valence-electron chi connectivity index (χ1n) is 6.04. The van der Waals surface area contributed by atoms with E-state index in [1.54, 1.807) is 0 Å². The predicted molar refractivity (Wildman–Crippen MR) is 67.3 cm³/mol. The van der Waals surface area contributed by atoms with E-state index in [-0.39, 0.29) is 12.6 Å². The molecule has 1 heterocycles. The highest BCUT2D eigenvalue weighted by Gasteiger charge is 2.27. The second-order valence-corrected chi connectivity index (χ2v) is 4.23. The van der Waals surface area contributed by atoms with E-state index >= 15 is 0 Å². The van der Waals surface area contributed by atoms with E-state index in [9.17, 15) is 22.0 Å².